The monoisotopic (exact) mass is 508 g/mol. The van der Waals surface area contributed by atoms with Crippen LogP contribution in [0.1, 0.15) is 44.9 Å². The highest BCUT2D eigenvalue weighted by molar-refractivity contribution is 6.36. The number of nitrogens with one attached hydrogen (secondary N) is 1. The van der Waals surface area contributed by atoms with Gasteiger partial charge in [0.05, 0.1) is 24.3 Å². The quantitative estimate of drug-likeness (QED) is 0.217. The number of imide groups is 1. The lowest BCUT2D eigenvalue weighted by atomic mass is 10.1. The Kier molecular flexibility index (Phi) is 7.02. The standard InChI is InChI=1S/C25H20N2O10/c1-3-34-24(31)36-19-14-11-7-8-13(21(28)26-33)12-17(14)20(37-25(32)35-4-2)18(19)27-22(29)15-9-5-6-10-16(15)23(27)30/h5-12,33H,3-4H2,1-2H3,(H,26,28). The number of nitrogens with zero attached hydrogens (tertiary/aromatic N) is 1. The first-order valence-corrected chi connectivity index (χ1v) is 11.0. The molecular formula is C25H20N2O10. The molecular weight excluding hydrogens is 488 g/mol. The van der Waals surface area contributed by atoms with Gasteiger partial charge < -0.3 is 18.9 Å². The minimum absolute atomic E-state index is 0.0116. The average Bonchev–Trinajstić information content (AvgIpc) is 3.16. The summed E-state index contributed by atoms with van der Waals surface area (Å²) < 4.78 is 20.6. The molecule has 0 bridgehead atoms. The molecule has 2 aliphatic carbocycles. The molecule has 0 fully saturated rings. The van der Waals surface area contributed by atoms with Gasteiger partial charge in [-0.15, -0.1) is 0 Å². The number of fused-ring (bicyclic) bond motifs is 2. The smallest absolute Gasteiger partial charge is 0.434 e. The fourth-order valence-electron chi connectivity index (χ4n) is 3.83. The van der Waals surface area contributed by atoms with Crippen molar-refractivity contribution in [3.63, 3.8) is 0 Å². The second-order valence-electron chi connectivity index (χ2n) is 7.46. The molecule has 3 aliphatic rings. The van der Waals surface area contributed by atoms with E-state index in [0.717, 1.165) is 0 Å². The Labute approximate surface area is 209 Å². The maximum absolute atomic E-state index is 13.4. The van der Waals surface area contributed by atoms with E-state index in [-0.39, 0.29) is 52.5 Å². The van der Waals surface area contributed by atoms with Crippen LogP contribution >= 0.6 is 0 Å². The van der Waals surface area contributed by atoms with Crippen molar-refractivity contribution in [1.29, 1.82) is 0 Å². The Morgan fingerprint density at radius 1 is 0.784 bits per heavy atom. The van der Waals surface area contributed by atoms with Crippen molar-refractivity contribution in [1.82, 2.24) is 5.48 Å². The normalized spacial score (nSPS) is 12.2. The van der Waals surface area contributed by atoms with E-state index in [1.807, 2.05) is 0 Å². The Morgan fingerprint density at radius 2 is 1.30 bits per heavy atom. The molecule has 4 rings (SSSR count). The Hall–Kier alpha value is -4.97. The molecule has 1 aromatic rings. The van der Waals surface area contributed by atoms with Crippen molar-refractivity contribution in [2.75, 3.05) is 18.1 Å². The summed E-state index contributed by atoms with van der Waals surface area (Å²) in [5, 5.41) is 9.12. The number of carbonyl (C=O) groups is 5. The van der Waals surface area contributed by atoms with Crippen LogP contribution in [0.2, 0.25) is 0 Å². The Balaban J connectivity index is 2.03. The Morgan fingerprint density at radius 3 is 1.81 bits per heavy atom. The van der Waals surface area contributed by atoms with Gasteiger partial charge in [-0.05, 0) is 38.1 Å². The van der Waals surface area contributed by atoms with Gasteiger partial charge >= 0.3 is 12.3 Å². The van der Waals surface area contributed by atoms with Gasteiger partial charge in [0.25, 0.3) is 17.7 Å². The zero-order chi connectivity index (χ0) is 26.7. The van der Waals surface area contributed by atoms with E-state index in [0.29, 0.717) is 4.90 Å². The molecule has 0 radical (unpaired) electrons. The number of hydroxylamine groups is 1. The van der Waals surface area contributed by atoms with Gasteiger partial charge in [0.2, 0.25) is 0 Å². The maximum Gasteiger partial charge on any atom is 0.513 e. The predicted molar refractivity (Wildman–Crippen MR) is 125 cm³/mol. The van der Waals surface area contributed by atoms with Gasteiger partial charge in [-0.3, -0.25) is 19.6 Å². The molecule has 0 saturated heterocycles. The summed E-state index contributed by atoms with van der Waals surface area (Å²) in [5.41, 5.74) is 1.26. The number of hydrogen-bond acceptors (Lipinski definition) is 10. The highest BCUT2D eigenvalue weighted by atomic mass is 16.7. The van der Waals surface area contributed by atoms with Crippen molar-refractivity contribution in [3.05, 3.63) is 65.2 Å². The number of anilines is 1. The van der Waals surface area contributed by atoms with Crippen LogP contribution in [0.3, 0.4) is 0 Å². The van der Waals surface area contributed by atoms with Crippen LogP contribution in [-0.4, -0.2) is 48.5 Å². The van der Waals surface area contributed by atoms with Gasteiger partial charge in [0.15, 0.2) is 11.5 Å². The molecule has 0 aromatic heterocycles. The van der Waals surface area contributed by atoms with Crippen LogP contribution < -0.4 is 19.9 Å². The van der Waals surface area contributed by atoms with E-state index in [9.17, 15) is 24.0 Å². The van der Waals surface area contributed by atoms with Gasteiger partial charge in [-0.25, -0.2) is 20.0 Å². The first-order valence-electron chi connectivity index (χ1n) is 11.0. The van der Waals surface area contributed by atoms with Gasteiger partial charge in [-0.1, -0.05) is 24.3 Å². The molecule has 190 valence electrons. The van der Waals surface area contributed by atoms with Crippen LogP contribution in [0.15, 0.2) is 48.5 Å². The van der Waals surface area contributed by atoms with Gasteiger partial charge in [-0.2, -0.15) is 0 Å². The molecule has 1 aromatic carbocycles. The van der Waals surface area contributed by atoms with E-state index >= 15 is 0 Å². The highest BCUT2D eigenvalue weighted by Crippen LogP contribution is 2.55. The minimum Gasteiger partial charge on any atom is -0.434 e. The summed E-state index contributed by atoms with van der Waals surface area (Å²) >= 11 is 0. The topological polar surface area (TPSA) is 158 Å². The second kappa shape index (κ2) is 10.3. The zero-order valence-corrected chi connectivity index (χ0v) is 19.6. The van der Waals surface area contributed by atoms with Crippen LogP contribution in [0.25, 0.3) is 11.1 Å². The van der Waals surface area contributed by atoms with E-state index < -0.39 is 35.8 Å². The predicted octanol–water partition coefficient (Wildman–Crippen LogP) is 3.78. The van der Waals surface area contributed by atoms with Crippen LogP contribution in [-0.2, 0) is 9.47 Å². The van der Waals surface area contributed by atoms with Crippen molar-refractivity contribution >= 4 is 35.7 Å². The molecule has 12 heteroatoms. The molecule has 12 nitrogen and oxygen atoms in total. The maximum atomic E-state index is 13.4. The molecule has 2 N–H and O–H groups in total. The number of amides is 3. The number of benzene rings is 1. The van der Waals surface area contributed by atoms with Crippen LogP contribution in [0, 0.1) is 0 Å². The molecule has 0 atom stereocenters. The molecule has 1 heterocycles. The number of carbonyl (C=O) groups excluding carboxylic acids is 5. The summed E-state index contributed by atoms with van der Waals surface area (Å²) in [7, 11) is 0. The summed E-state index contributed by atoms with van der Waals surface area (Å²) in [6, 6.07) is 11.4. The first-order chi connectivity index (χ1) is 17.8. The highest BCUT2D eigenvalue weighted by Gasteiger charge is 2.43. The number of rotatable bonds is 6. The summed E-state index contributed by atoms with van der Waals surface area (Å²) in [6.45, 7) is 2.98. The SMILES string of the molecule is CCOC(=O)Oc1c2cccc(C(=O)NO)cc-2c(OC(=O)OCC)c1N1C(=O)c2ccccc2C1=O. The van der Waals surface area contributed by atoms with Crippen molar-refractivity contribution in [2.45, 2.75) is 13.8 Å². The summed E-state index contributed by atoms with van der Waals surface area (Å²) in [6.07, 6.45) is -2.34. The van der Waals surface area contributed by atoms with E-state index in [4.69, 9.17) is 24.2 Å². The van der Waals surface area contributed by atoms with Crippen LogP contribution in [0.4, 0.5) is 15.3 Å². The minimum atomic E-state index is -1.19. The number of hydrogen-bond donors (Lipinski definition) is 2. The van der Waals surface area contributed by atoms with Crippen molar-refractivity contribution in [3.8, 4) is 22.6 Å². The lowest BCUT2D eigenvalue weighted by Crippen LogP contribution is -2.30. The summed E-state index contributed by atoms with van der Waals surface area (Å²) in [5.74, 6) is -3.18. The van der Waals surface area contributed by atoms with Crippen molar-refractivity contribution in [2.24, 2.45) is 0 Å². The van der Waals surface area contributed by atoms with Crippen LogP contribution in [0.5, 0.6) is 11.5 Å². The summed E-state index contributed by atoms with van der Waals surface area (Å²) in [4.78, 5) is 64.4. The molecule has 0 unspecified atom stereocenters. The Bertz CT molecular complexity index is 1370. The lowest BCUT2D eigenvalue weighted by molar-refractivity contribution is 0.0706. The third-order valence-corrected chi connectivity index (χ3v) is 5.32. The van der Waals surface area contributed by atoms with Gasteiger partial charge in [0, 0.05) is 16.7 Å². The fraction of sp³-hybridized carbons (Fsp3) is 0.160. The van der Waals surface area contributed by atoms with Gasteiger partial charge in [0.1, 0.15) is 5.69 Å². The van der Waals surface area contributed by atoms with E-state index in [1.54, 1.807) is 19.1 Å². The number of ether oxygens (including phenoxy) is 4. The molecule has 1 aliphatic heterocycles. The molecule has 37 heavy (non-hydrogen) atoms. The molecule has 3 amide bonds. The zero-order valence-electron chi connectivity index (χ0n) is 19.6. The average molecular weight is 508 g/mol. The largest absolute Gasteiger partial charge is 0.513 e. The third kappa shape index (κ3) is 4.52. The van der Waals surface area contributed by atoms with Crippen molar-refractivity contribution < 1.29 is 48.1 Å². The lowest BCUT2D eigenvalue weighted by Gasteiger charge is -2.17. The fourth-order valence-corrected chi connectivity index (χ4v) is 3.83. The first kappa shape index (κ1) is 25.1. The third-order valence-electron chi connectivity index (χ3n) is 5.32. The molecule has 0 spiro atoms. The van der Waals surface area contributed by atoms with E-state index in [2.05, 4.69) is 0 Å². The van der Waals surface area contributed by atoms with E-state index in [1.165, 1.54) is 48.8 Å². The molecule has 0 saturated carbocycles. The second-order valence-corrected chi connectivity index (χ2v) is 7.46.